The zero-order valence-electron chi connectivity index (χ0n) is 24.1. The maximum atomic E-state index is 11.2. The number of hydrogen-bond acceptors (Lipinski definition) is 8. The molecule has 0 saturated heterocycles. The molecule has 0 fully saturated rings. The summed E-state index contributed by atoms with van der Waals surface area (Å²) in [4.78, 5) is 0. The first-order valence-electron chi connectivity index (χ1n) is 14.7. The summed E-state index contributed by atoms with van der Waals surface area (Å²) in [6.07, 6.45) is 4.58. The minimum atomic E-state index is -0.510. The molecule has 4 aromatic rings. The number of phenols is 8. The van der Waals surface area contributed by atoms with E-state index in [0.29, 0.717) is 71.0 Å². The fraction of sp³-hybridized carbons (Fsp3) is 0.314. The van der Waals surface area contributed by atoms with E-state index < -0.39 is 11.8 Å². The van der Waals surface area contributed by atoms with Crippen LogP contribution in [0.1, 0.15) is 96.2 Å². The second-order valence-corrected chi connectivity index (χ2v) is 11.5. The molecule has 4 aromatic carbocycles. The number of unbranched alkanes of at least 4 members (excludes halogenated alkanes) is 1. The van der Waals surface area contributed by atoms with Crippen molar-refractivity contribution in [3.05, 3.63) is 93.5 Å². The molecule has 8 N–H and O–H groups in total. The topological polar surface area (TPSA) is 162 Å². The van der Waals surface area contributed by atoms with Crippen LogP contribution >= 0.6 is 0 Å². The van der Waals surface area contributed by atoms with E-state index in [1.54, 1.807) is 24.3 Å². The predicted molar refractivity (Wildman–Crippen MR) is 163 cm³/mol. The van der Waals surface area contributed by atoms with Gasteiger partial charge in [-0.05, 0) is 66.6 Å². The van der Waals surface area contributed by atoms with Gasteiger partial charge in [0.05, 0.1) is 0 Å². The molecule has 0 amide bonds. The summed E-state index contributed by atoms with van der Waals surface area (Å²) in [5.74, 6) is -1.98. The van der Waals surface area contributed by atoms with Crippen molar-refractivity contribution in [2.45, 2.75) is 70.1 Å². The van der Waals surface area contributed by atoms with Crippen molar-refractivity contribution in [1.29, 1.82) is 0 Å². The van der Waals surface area contributed by atoms with Crippen molar-refractivity contribution in [3.63, 3.8) is 0 Å². The van der Waals surface area contributed by atoms with Gasteiger partial charge >= 0.3 is 0 Å². The first-order valence-corrected chi connectivity index (χ1v) is 14.7. The maximum Gasteiger partial charge on any atom is 0.123 e. The Morgan fingerprint density at radius 1 is 0.558 bits per heavy atom. The van der Waals surface area contributed by atoms with Crippen molar-refractivity contribution >= 4 is 0 Å². The fourth-order valence-corrected chi connectivity index (χ4v) is 6.31. The SMILES string of the molecule is CCCCC1c2cc(c(O)cc2O)Cc2cc(c(O)cc2O)CCCCC(c2ccc(O)cc2O)c2cc1c(O)cc2O. The molecule has 0 aromatic heterocycles. The average molecular weight is 587 g/mol. The van der Waals surface area contributed by atoms with Gasteiger partial charge in [0.1, 0.15) is 46.0 Å². The molecule has 2 atom stereocenters. The second kappa shape index (κ2) is 12.3. The Morgan fingerprint density at radius 3 is 1.84 bits per heavy atom. The van der Waals surface area contributed by atoms with Crippen molar-refractivity contribution in [1.82, 2.24) is 0 Å². The van der Waals surface area contributed by atoms with Crippen LogP contribution in [0.25, 0.3) is 0 Å². The van der Waals surface area contributed by atoms with Crippen LogP contribution in [0, 0.1) is 0 Å². The highest BCUT2D eigenvalue weighted by molar-refractivity contribution is 5.58. The van der Waals surface area contributed by atoms with Gasteiger partial charge in [0.15, 0.2) is 0 Å². The predicted octanol–water partition coefficient (Wildman–Crippen LogP) is 7.10. The molecule has 5 rings (SSSR count). The Labute approximate surface area is 250 Å². The first-order chi connectivity index (χ1) is 20.6. The van der Waals surface area contributed by atoms with Crippen molar-refractivity contribution < 1.29 is 40.9 Å². The summed E-state index contributed by atoms with van der Waals surface area (Å²) in [6.45, 7) is 2.04. The third-order valence-electron chi connectivity index (χ3n) is 8.62. The van der Waals surface area contributed by atoms with E-state index in [0.717, 1.165) is 12.8 Å². The Morgan fingerprint density at radius 2 is 1.14 bits per heavy atom. The first kappa shape index (κ1) is 29.8. The van der Waals surface area contributed by atoms with Gasteiger partial charge in [-0.2, -0.15) is 0 Å². The van der Waals surface area contributed by atoms with Crippen molar-refractivity contribution in [2.75, 3.05) is 0 Å². The van der Waals surface area contributed by atoms with Crippen molar-refractivity contribution in [3.8, 4) is 46.0 Å². The fourth-order valence-electron chi connectivity index (χ4n) is 6.31. The molecular formula is C35H38O8. The molecule has 6 bridgehead atoms. The number of rotatable bonds is 4. The van der Waals surface area contributed by atoms with Crippen LogP contribution in [0.4, 0.5) is 0 Å². The van der Waals surface area contributed by atoms with Crippen LogP contribution in [0.5, 0.6) is 46.0 Å². The van der Waals surface area contributed by atoms with Crippen LogP contribution < -0.4 is 0 Å². The average Bonchev–Trinajstić information content (AvgIpc) is 2.94. The third-order valence-corrected chi connectivity index (χ3v) is 8.62. The summed E-state index contributed by atoms with van der Waals surface area (Å²) in [7, 11) is 0. The maximum absolute atomic E-state index is 11.2. The Bertz CT molecular complexity index is 1640. The van der Waals surface area contributed by atoms with E-state index in [4.69, 9.17) is 0 Å². The molecule has 226 valence electrons. The van der Waals surface area contributed by atoms with E-state index in [1.807, 2.05) is 6.92 Å². The molecule has 8 nitrogen and oxygen atoms in total. The Kier molecular flexibility index (Phi) is 8.48. The number of benzene rings is 4. The zero-order valence-corrected chi connectivity index (χ0v) is 24.1. The molecule has 43 heavy (non-hydrogen) atoms. The van der Waals surface area contributed by atoms with Gasteiger partial charge < -0.3 is 40.9 Å². The number of phenolic OH excluding ortho intramolecular Hbond substituents is 8. The van der Waals surface area contributed by atoms with Gasteiger partial charge in [0, 0.05) is 64.8 Å². The molecule has 0 radical (unpaired) electrons. The summed E-state index contributed by atoms with van der Waals surface area (Å²) in [5.41, 5.74) is 3.55. The van der Waals surface area contributed by atoms with Gasteiger partial charge in [0.25, 0.3) is 0 Å². The van der Waals surface area contributed by atoms with E-state index in [-0.39, 0.29) is 52.4 Å². The van der Waals surface area contributed by atoms with Gasteiger partial charge in [-0.15, -0.1) is 0 Å². The largest absolute Gasteiger partial charge is 0.508 e. The Balaban J connectivity index is 1.75. The zero-order chi connectivity index (χ0) is 30.8. The quantitative estimate of drug-likeness (QED) is 0.126. The molecule has 0 heterocycles. The number of aromatic hydroxyl groups is 8. The van der Waals surface area contributed by atoms with Gasteiger partial charge in [-0.25, -0.2) is 0 Å². The smallest absolute Gasteiger partial charge is 0.123 e. The standard InChI is InChI=1S/C35H38O8/c1-2-3-7-24-26-13-21(31(39)17-33(26)41)12-20-11-19(29(37)16-30(20)38)6-4-5-8-23(25-10-9-22(36)14-32(25)40)27-15-28(24)35(43)18-34(27)42/h9-11,13-18,23-24,36-43H,2-8,12H2,1H3. The molecule has 0 aliphatic heterocycles. The molecule has 0 saturated carbocycles. The van der Waals surface area contributed by atoms with Gasteiger partial charge in [0.2, 0.25) is 0 Å². The van der Waals surface area contributed by atoms with Crippen LogP contribution in [-0.2, 0) is 12.8 Å². The molecular weight excluding hydrogens is 548 g/mol. The summed E-state index contributed by atoms with van der Waals surface area (Å²) >= 11 is 0. The summed E-state index contributed by atoms with van der Waals surface area (Å²) in [6, 6.07) is 13.3. The van der Waals surface area contributed by atoms with E-state index in [1.165, 1.54) is 30.3 Å². The lowest BCUT2D eigenvalue weighted by atomic mass is 9.80. The second-order valence-electron chi connectivity index (χ2n) is 11.5. The van der Waals surface area contributed by atoms with Crippen LogP contribution in [0.15, 0.2) is 54.6 Å². The van der Waals surface area contributed by atoms with Crippen molar-refractivity contribution in [2.24, 2.45) is 0 Å². The number of fused-ring (bicyclic) bond motifs is 6. The highest BCUT2D eigenvalue weighted by atomic mass is 16.3. The van der Waals surface area contributed by atoms with Gasteiger partial charge in [-0.3, -0.25) is 0 Å². The normalized spacial score (nSPS) is 17.0. The van der Waals surface area contributed by atoms with E-state index in [9.17, 15) is 40.9 Å². The molecule has 8 heteroatoms. The molecule has 0 spiro atoms. The molecule has 1 aliphatic carbocycles. The summed E-state index contributed by atoms with van der Waals surface area (Å²) in [5, 5.41) is 86.2. The van der Waals surface area contributed by atoms with Gasteiger partial charge in [-0.1, -0.05) is 32.3 Å². The van der Waals surface area contributed by atoms with Crippen LogP contribution in [0.2, 0.25) is 0 Å². The summed E-state index contributed by atoms with van der Waals surface area (Å²) < 4.78 is 0. The third kappa shape index (κ3) is 6.09. The lowest BCUT2D eigenvalue weighted by molar-refractivity contribution is 0.425. The minimum Gasteiger partial charge on any atom is -0.508 e. The minimum absolute atomic E-state index is 0.0360. The molecule has 1 aliphatic rings. The van der Waals surface area contributed by atoms with Crippen LogP contribution in [0.3, 0.4) is 0 Å². The van der Waals surface area contributed by atoms with Crippen LogP contribution in [-0.4, -0.2) is 40.9 Å². The van der Waals surface area contributed by atoms with E-state index >= 15 is 0 Å². The highest BCUT2D eigenvalue weighted by Gasteiger charge is 2.28. The van der Waals surface area contributed by atoms with E-state index in [2.05, 4.69) is 0 Å². The lowest BCUT2D eigenvalue weighted by Crippen LogP contribution is -2.08. The Hall–Kier alpha value is -4.72. The molecule has 2 unspecified atom stereocenters. The lowest BCUT2D eigenvalue weighted by Gasteiger charge is -2.26. The number of hydrogen-bond donors (Lipinski definition) is 8. The monoisotopic (exact) mass is 586 g/mol. The highest BCUT2D eigenvalue weighted by Crippen LogP contribution is 2.47. The number of aryl methyl sites for hydroxylation is 1.